The fourth-order valence-corrected chi connectivity index (χ4v) is 1.45. The summed E-state index contributed by atoms with van der Waals surface area (Å²) in [6.45, 7) is 6.39. The minimum Gasteiger partial charge on any atom is -0.468 e. The van der Waals surface area contributed by atoms with E-state index in [0.717, 1.165) is 10.8 Å². The largest absolute Gasteiger partial charge is 0.468 e. The van der Waals surface area contributed by atoms with E-state index < -0.39 is 5.97 Å². The van der Waals surface area contributed by atoms with Crippen molar-refractivity contribution >= 4 is 29.3 Å². The monoisotopic (exact) mass is 283 g/mol. The Bertz CT molecular complexity index is 394. The van der Waals surface area contributed by atoms with E-state index in [1.54, 1.807) is 6.08 Å². The highest BCUT2D eigenvalue weighted by molar-refractivity contribution is 7.10. The van der Waals surface area contributed by atoms with Gasteiger partial charge in [0.1, 0.15) is 6.54 Å². The van der Waals surface area contributed by atoms with Crippen molar-refractivity contribution in [3.05, 3.63) is 28.5 Å². The zero-order valence-electron chi connectivity index (χ0n) is 11.8. The molecule has 1 heterocycles. The van der Waals surface area contributed by atoms with Gasteiger partial charge in [0.2, 0.25) is 5.91 Å². The molecule has 0 atom stereocenters. The Morgan fingerprint density at radius 2 is 2.05 bits per heavy atom. The molecule has 0 aliphatic rings. The first-order valence-electron chi connectivity index (χ1n) is 6.02. The van der Waals surface area contributed by atoms with Crippen LogP contribution in [0.5, 0.6) is 0 Å². The minimum absolute atomic E-state index is 0.107. The van der Waals surface area contributed by atoms with E-state index in [0.29, 0.717) is 0 Å². The quantitative estimate of drug-likeness (QED) is 0.683. The van der Waals surface area contributed by atoms with E-state index in [1.807, 2.05) is 17.5 Å². The molecule has 0 fully saturated rings. The number of nitrogens with one attached hydrogen (secondary N) is 1. The number of rotatable bonds is 4. The molecule has 0 radical (unpaired) electrons. The van der Waals surface area contributed by atoms with E-state index in [1.165, 1.54) is 24.5 Å². The lowest BCUT2D eigenvalue weighted by Crippen LogP contribution is -2.28. The van der Waals surface area contributed by atoms with Crippen molar-refractivity contribution in [1.29, 1.82) is 0 Å². The lowest BCUT2D eigenvalue weighted by atomic mass is 10.3. The molecule has 5 heteroatoms. The third kappa shape index (κ3) is 11.2. The molecule has 0 spiro atoms. The van der Waals surface area contributed by atoms with Crippen molar-refractivity contribution in [2.75, 3.05) is 13.7 Å². The summed E-state index contributed by atoms with van der Waals surface area (Å²) in [6.07, 6.45) is 3.08. The second-order valence-corrected chi connectivity index (χ2v) is 5.35. The number of carbonyl (C=O) groups is 2. The Hall–Kier alpha value is -1.62. The molecule has 1 N–H and O–H groups in total. The summed E-state index contributed by atoms with van der Waals surface area (Å²) < 4.78 is 4.38. The van der Waals surface area contributed by atoms with Gasteiger partial charge in [0.05, 0.1) is 7.11 Å². The van der Waals surface area contributed by atoms with Crippen molar-refractivity contribution in [2.45, 2.75) is 20.8 Å². The fourth-order valence-electron chi connectivity index (χ4n) is 0.834. The maximum absolute atomic E-state index is 11.2. The molecule has 19 heavy (non-hydrogen) atoms. The number of amides is 1. The van der Waals surface area contributed by atoms with Gasteiger partial charge in [0.25, 0.3) is 0 Å². The van der Waals surface area contributed by atoms with Crippen LogP contribution in [0.4, 0.5) is 0 Å². The molecule has 1 amide bonds. The first kappa shape index (κ1) is 17.4. The molecular weight excluding hydrogens is 262 g/mol. The summed E-state index contributed by atoms with van der Waals surface area (Å²) in [4.78, 5) is 22.8. The molecule has 0 aliphatic carbocycles. The number of hydrogen-bond acceptors (Lipinski definition) is 4. The van der Waals surface area contributed by atoms with Crippen molar-refractivity contribution < 1.29 is 14.3 Å². The summed E-state index contributed by atoms with van der Waals surface area (Å²) in [5.74, 6) is 0.0571. The van der Waals surface area contributed by atoms with Crippen LogP contribution in [0.25, 0.3) is 6.08 Å². The molecule has 106 valence electrons. The average molecular weight is 283 g/mol. The van der Waals surface area contributed by atoms with Gasteiger partial charge in [-0.3, -0.25) is 9.59 Å². The smallest absolute Gasteiger partial charge is 0.325 e. The van der Waals surface area contributed by atoms with E-state index >= 15 is 0 Å². The van der Waals surface area contributed by atoms with Gasteiger partial charge in [-0.15, -0.1) is 11.3 Å². The van der Waals surface area contributed by atoms with Crippen LogP contribution in [0, 0.1) is 5.92 Å². The normalized spacial score (nSPS) is 9.95. The van der Waals surface area contributed by atoms with E-state index in [2.05, 4.69) is 30.8 Å². The Labute approximate surface area is 118 Å². The van der Waals surface area contributed by atoms with E-state index in [4.69, 9.17) is 0 Å². The topological polar surface area (TPSA) is 55.4 Å². The summed E-state index contributed by atoms with van der Waals surface area (Å²) in [7, 11) is 1.27. The van der Waals surface area contributed by atoms with Gasteiger partial charge in [-0.05, 0) is 23.4 Å². The van der Waals surface area contributed by atoms with Gasteiger partial charge < -0.3 is 10.1 Å². The van der Waals surface area contributed by atoms with Gasteiger partial charge in [0.15, 0.2) is 0 Å². The molecule has 0 bridgehead atoms. The first-order chi connectivity index (χ1) is 8.95. The molecule has 0 unspecified atom stereocenters. The molecule has 0 saturated heterocycles. The summed E-state index contributed by atoms with van der Waals surface area (Å²) >= 11 is 1.54. The zero-order chi connectivity index (χ0) is 14.7. The van der Waals surface area contributed by atoms with Crippen LogP contribution >= 0.6 is 11.3 Å². The second kappa shape index (κ2) is 10.3. The maximum Gasteiger partial charge on any atom is 0.325 e. The Balaban J connectivity index is 0.000000711. The predicted molar refractivity (Wildman–Crippen MR) is 78.9 cm³/mol. The molecule has 1 aromatic heterocycles. The molecule has 0 aromatic carbocycles. The highest BCUT2D eigenvalue weighted by Gasteiger charge is 2.01. The van der Waals surface area contributed by atoms with Crippen LogP contribution in [0.1, 0.15) is 25.6 Å². The molecule has 0 aliphatic heterocycles. The van der Waals surface area contributed by atoms with Crippen LogP contribution in [-0.4, -0.2) is 25.5 Å². The predicted octanol–water partition coefficient (Wildman–Crippen LogP) is 2.71. The maximum atomic E-state index is 11.2. The fraction of sp³-hybridized carbons (Fsp3) is 0.429. The van der Waals surface area contributed by atoms with Crippen LogP contribution in [0.2, 0.25) is 0 Å². The van der Waals surface area contributed by atoms with Gasteiger partial charge in [-0.2, -0.15) is 0 Å². The molecule has 4 nitrogen and oxygen atoms in total. The SMILES string of the molecule is CC(C)C.COC(=O)CNC(=O)/C=C/c1cccs1. The lowest BCUT2D eigenvalue weighted by Gasteiger charge is -1.98. The Morgan fingerprint density at radius 1 is 1.42 bits per heavy atom. The zero-order valence-corrected chi connectivity index (χ0v) is 12.6. The highest BCUT2D eigenvalue weighted by atomic mass is 32.1. The third-order valence-corrected chi connectivity index (χ3v) is 2.41. The summed E-state index contributed by atoms with van der Waals surface area (Å²) in [6, 6.07) is 3.80. The van der Waals surface area contributed by atoms with E-state index in [-0.39, 0.29) is 12.5 Å². The number of methoxy groups -OCH3 is 1. The van der Waals surface area contributed by atoms with Crippen LogP contribution in [0.3, 0.4) is 0 Å². The van der Waals surface area contributed by atoms with Gasteiger partial charge in [0, 0.05) is 11.0 Å². The van der Waals surface area contributed by atoms with Crippen molar-refractivity contribution in [3.8, 4) is 0 Å². The second-order valence-electron chi connectivity index (χ2n) is 4.37. The van der Waals surface area contributed by atoms with Gasteiger partial charge in [-0.25, -0.2) is 0 Å². The molecule has 1 rings (SSSR count). The number of hydrogen-bond donors (Lipinski definition) is 1. The standard InChI is InChI=1S/C10H11NO3S.C4H10/c1-14-10(13)7-11-9(12)5-4-8-3-2-6-15-8;1-4(2)3/h2-6H,7H2,1H3,(H,11,12);4H,1-3H3/b5-4+;. The number of ether oxygens (including phenoxy) is 1. The number of carbonyl (C=O) groups excluding carboxylic acids is 2. The van der Waals surface area contributed by atoms with E-state index in [9.17, 15) is 9.59 Å². The summed E-state index contributed by atoms with van der Waals surface area (Å²) in [5, 5.41) is 4.32. The van der Waals surface area contributed by atoms with Crippen molar-refractivity contribution in [1.82, 2.24) is 5.32 Å². The molecule has 0 saturated carbocycles. The van der Waals surface area contributed by atoms with Gasteiger partial charge >= 0.3 is 5.97 Å². The summed E-state index contributed by atoms with van der Waals surface area (Å²) in [5.41, 5.74) is 0. The van der Waals surface area contributed by atoms with Crippen molar-refractivity contribution in [2.24, 2.45) is 5.92 Å². The lowest BCUT2D eigenvalue weighted by molar-refractivity contribution is -0.140. The molecule has 1 aromatic rings. The van der Waals surface area contributed by atoms with Crippen molar-refractivity contribution in [3.63, 3.8) is 0 Å². The number of esters is 1. The van der Waals surface area contributed by atoms with Crippen LogP contribution in [-0.2, 0) is 14.3 Å². The molecular formula is C14H21NO3S. The first-order valence-corrected chi connectivity index (χ1v) is 6.90. The van der Waals surface area contributed by atoms with Crippen LogP contribution in [0.15, 0.2) is 23.6 Å². The Kier molecular flexibility index (Phi) is 9.44. The Morgan fingerprint density at radius 3 is 2.53 bits per heavy atom. The van der Waals surface area contributed by atoms with Gasteiger partial charge in [-0.1, -0.05) is 26.8 Å². The third-order valence-electron chi connectivity index (χ3n) is 1.58. The number of thiophene rings is 1. The average Bonchev–Trinajstić information content (AvgIpc) is 2.85. The highest BCUT2D eigenvalue weighted by Crippen LogP contribution is 2.09. The van der Waals surface area contributed by atoms with Crippen LogP contribution < -0.4 is 5.32 Å². The minimum atomic E-state index is -0.465.